The SMILES string of the molecule is COc1cccc(F)c1C(=O)c1ncc(Cl)cc1NS(=O)(=O)c1ccccc1Cl. The second-order valence-corrected chi connectivity index (χ2v) is 8.23. The van der Waals surface area contributed by atoms with E-state index < -0.39 is 21.6 Å². The summed E-state index contributed by atoms with van der Waals surface area (Å²) in [6.45, 7) is 0. The molecule has 0 aliphatic rings. The molecule has 1 heterocycles. The summed E-state index contributed by atoms with van der Waals surface area (Å²) in [5.74, 6) is -1.74. The third-order valence-electron chi connectivity index (χ3n) is 3.86. The molecule has 1 N–H and O–H groups in total. The maximum Gasteiger partial charge on any atom is 0.263 e. The maximum atomic E-state index is 14.3. The number of ether oxygens (including phenoxy) is 1. The van der Waals surface area contributed by atoms with Crippen molar-refractivity contribution in [3.63, 3.8) is 0 Å². The molecule has 0 saturated heterocycles. The van der Waals surface area contributed by atoms with Gasteiger partial charge in [0, 0.05) is 6.20 Å². The Balaban J connectivity index is 2.11. The highest BCUT2D eigenvalue weighted by Gasteiger charge is 2.26. The number of anilines is 1. The number of carbonyl (C=O) groups excluding carboxylic acids is 1. The summed E-state index contributed by atoms with van der Waals surface area (Å²) >= 11 is 11.9. The van der Waals surface area contributed by atoms with Crippen LogP contribution in [0.5, 0.6) is 5.75 Å². The van der Waals surface area contributed by atoms with Crippen molar-refractivity contribution in [1.82, 2.24) is 4.98 Å². The molecule has 1 aromatic heterocycles. The Kier molecular flexibility index (Phi) is 6.07. The van der Waals surface area contributed by atoms with Crippen molar-refractivity contribution in [3.8, 4) is 5.75 Å². The highest BCUT2D eigenvalue weighted by molar-refractivity contribution is 7.92. The number of nitrogens with zero attached hydrogens (tertiary/aromatic N) is 1. The van der Waals surface area contributed by atoms with Gasteiger partial charge < -0.3 is 4.74 Å². The second kappa shape index (κ2) is 8.36. The van der Waals surface area contributed by atoms with Crippen LogP contribution < -0.4 is 9.46 Å². The highest BCUT2D eigenvalue weighted by atomic mass is 35.5. The van der Waals surface area contributed by atoms with Crippen molar-refractivity contribution < 1.29 is 22.3 Å². The number of sulfonamides is 1. The summed E-state index contributed by atoms with van der Waals surface area (Å²) in [6, 6.07) is 10.8. The quantitative estimate of drug-likeness (QED) is 0.551. The van der Waals surface area contributed by atoms with Crippen molar-refractivity contribution in [1.29, 1.82) is 0 Å². The Morgan fingerprint density at radius 3 is 2.55 bits per heavy atom. The number of carbonyl (C=O) groups is 1. The molecule has 3 rings (SSSR count). The minimum atomic E-state index is -4.18. The van der Waals surface area contributed by atoms with Gasteiger partial charge in [-0.1, -0.05) is 41.4 Å². The van der Waals surface area contributed by atoms with Crippen LogP contribution in [0.15, 0.2) is 59.6 Å². The minimum Gasteiger partial charge on any atom is -0.496 e. The standard InChI is InChI=1S/C19H13Cl2FN2O4S/c1-28-15-7-4-6-13(22)17(15)19(25)18-14(9-11(20)10-23-18)24-29(26,27)16-8-3-2-5-12(16)21/h2-10,24H,1H3. The molecule has 0 saturated carbocycles. The van der Waals surface area contributed by atoms with Gasteiger partial charge in [0.1, 0.15) is 27.7 Å². The molecule has 2 aromatic carbocycles. The largest absolute Gasteiger partial charge is 0.496 e. The molecule has 150 valence electrons. The average Bonchev–Trinajstić information content (AvgIpc) is 2.67. The van der Waals surface area contributed by atoms with Gasteiger partial charge in [0.2, 0.25) is 5.78 Å². The molecule has 0 bridgehead atoms. The lowest BCUT2D eigenvalue weighted by Crippen LogP contribution is -2.18. The molecule has 0 fully saturated rings. The van der Waals surface area contributed by atoms with Crippen LogP contribution in [0, 0.1) is 5.82 Å². The van der Waals surface area contributed by atoms with E-state index in [1.165, 1.54) is 43.5 Å². The van der Waals surface area contributed by atoms with Crippen molar-refractivity contribution in [2.45, 2.75) is 4.90 Å². The summed E-state index contributed by atoms with van der Waals surface area (Å²) in [5, 5.41) is 0.0533. The van der Waals surface area contributed by atoms with Gasteiger partial charge in [0.15, 0.2) is 0 Å². The highest BCUT2D eigenvalue weighted by Crippen LogP contribution is 2.30. The van der Waals surface area contributed by atoms with Crippen molar-refractivity contribution in [2.24, 2.45) is 0 Å². The number of rotatable bonds is 6. The summed E-state index contributed by atoms with van der Waals surface area (Å²) < 4.78 is 47.1. The molecule has 6 nitrogen and oxygen atoms in total. The third kappa shape index (κ3) is 4.34. The first-order valence-corrected chi connectivity index (χ1v) is 10.3. The molecule has 10 heteroatoms. The van der Waals surface area contributed by atoms with E-state index in [4.69, 9.17) is 27.9 Å². The van der Waals surface area contributed by atoms with Crippen LogP contribution in [-0.2, 0) is 10.0 Å². The molecule has 0 amide bonds. The zero-order valence-electron chi connectivity index (χ0n) is 14.8. The maximum absolute atomic E-state index is 14.3. The Hall–Kier alpha value is -2.68. The molecular formula is C19H13Cl2FN2O4S. The van der Waals surface area contributed by atoms with Crippen LogP contribution in [0.25, 0.3) is 0 Å². The normalized spacial score (nSPS) is 11.2. The van der Waals surface area contributed by atoms with Gasteiger partial charge >= 0.3 is 0 Å². The zero-order valence-corrected chi connectivity index (χ0v) is 17.1. The number of methoxy groups -OCH3 is 1. The molecule has 3 aromatic rings. The van der Waals surface area contributed by atoms with Crippen LogP contribution in [-0.4, -0.2) is 26.3 Å². The number of ketones is 1. The molecular weight excluding hydrogens is 442 g/mol. The van der Waals surface area contributed by atoms with E-state index in [1.807, 2.05) is 0 Å². The van der Waals surface area contributed by atoms with E-state index in [1.54, 1.807) is 6.07 Å². The van der Waals surface area contributed by atoms with E-state index >= 15 is 0 Å². The third-order valence-corrected chi connectivity index (χ3v) is 5.93. The van der Waals surface area contributed by atoms with E-state index in [-0.39, 0.29) is 37.6 Å². The number of halogens is 3. The lowest BCUT2D eigenvalue weighted by atomic mass is 10.0. The molecule has 0 unspecified atom stereocenters. The van der Waals surface area contributed by atoms with Gasteiger partial charge in [0.05, 0.1) is 22.8 Å². The Morgan fingerprint density at radius 1 is 1.14 bits per heavy atom. The topological polar surface area (TPSA) is 85.4 Å². The first-order valence-electron chi connectivity index (χ1n) is 8.04. The summed E-state index contributed by atoms with van der Waals surface area (Å²) in [4.78, 5) is 16.7. The van der Waals surface area contributed by atoms with Crippen LogP contribution in [0.2, 0.25) is 10.0 Å². The summed E-state index contributed by atoms with van der Waals surface area (Å²) in [7, 11) is -2.90. The van der Waals surface area contributed by atoms with Gasteiger partial charge in [-0.15, -0.1) is 0 Å². The van der Waals surface area contributed by atoms with E-state index in [2.05, 4.69) is 9.71 Å². The summed E-state index contributed by atoms with van der Waals surface area (Å²) in [5.41, 5.74) is -0.968. The molecule has 29 heavy (non-hydrogen) atoms. The number of hydrogen-bond acceptors (Lipinski definition) is 5. The lowest BCUT2D eigenvalue weighted by Gasteiger charge is -2.14. The van der Waals surface area contributed by atoms with Gasteiger partial charge in [-0.25, -0.2) is 17.8 Å². The van der Waals surface area contributed by atoms with Crippen molar-refractivity contribution in [3.05, 3.63) is 81.8 Å². The van der Waals surface area contributed by atoms with Gasteiger partial charge in [0.25, 0.3) is 10.0 Å². The number of pyridine rings is 1. The zero-order chi connectivity index (χ0) is 21.2. The second-order valence-electron chi connectivity index (χ2n) is 5.73. The van der Waals surface area contributed by atoms with Gasteiger partial charge in [-0.3, -0.25) is 9.52 Å². The lowest BCUT2D eigenvalue weighted by molar-refractivity contribution is 0.102. The Labute approximate surface area is 176 Å². The summed E-state index contributed by atoms with van der Waals surface area (Å²) in [6.07, 6.45) is 1.15. The van der Waals surface area contributed by atoms with E-state index in [0.717, 1.165) is 12.3 Å². The smallest absolute Gasteiger partial charge is 0.263 e. The predicted octanol–water partition coefficient (Wildman–Crippen LogP) is 4.57. The van der Waals surface area contributed by atoms with Crippen molar-refractivity contribution in [2.75, 3.05) is 11.8 Å². The van der Waals surface area contributed by atoms with Crippen molar-refractivity contribution >= 4 is 44.7 Å². The molecule has 0 radical (unpaired) electrons. The fourth-order valence-electron chi connectivity index (χ4n) is 2.57. The molecule has 0 aliphatic heterocycles. The van der Waals surface area contributed by atoms with Crippen LogP contribution in [0.3, 0.4) is 0 Å². The van der Waals surface area contributed by atoms with Gasteiger partial charge in [-0.05, 0) is 30.3 Å². The predicted molar refractivity (Wildman–Crippen MR) is 108 cm³/mol. The van der Waals surface area contributed by atoms with Gasteiger partial charge in [-0.2, -0.15) is 0 Å². The molecule has 0 aliphatic carbocycles. The van der Waals surface area contributed by atoms with Crippen LogP contribution >= 0.6 is 23.2 Å². The number of aromatic nitrogens is 1. The Bertz CT molecular complexity index is 1200. The minimum absolute atomic E-state index is 0.0152. The molecule has 0 atom stereocenters. The molecule has 0 spiro atoms. The number of nitrogens with one attached hydrogen (secondary N) is 1. The number of hydrogen-bond donors (Lipinski definition) is 1. The van der Waals surface area contributed by atoms with E-state index in [0.29, 0.717) is 0 Å². The number of benzene rings is 2. The fourth-order valence-corrected chi connectivity index (χ4v) is 4.31. The Morgan fingerprint density at radius 2 is 1.86 bits per heavy atom. The first-order chi connectivity index (χ1) is 13.7. The average molecular weight is 455 g/mol. The first kappa shape index (κ1) is 21.0. The monoisotopic (exact) mass is 454 g/mol. The van der Waals surface area contributed by atoms with E-state index in [9.17, 15) is 17.6 Å². The fraction of sp³-hybridized carbons (Fsp3) is 0.0526. The van der Waals surface area contributed by atoms with Crippen LogP contribution in [0.1, 0.15) is 16.1 Å². The van der Waals surface area contributed by atoms with Crippen LogP contribution in [0.4, 0.5) is 10.1 Å².